The maximum Gasteiger partial charge on any atom is 0.256 e. The van der Waals surface area contributed by atoms with Gasteiger partial charge < -0.3 is 9.64 Å². The molecule has 5 nitrogen and oxygen atoms in total. The standard InChI is InChI=1S/C20H28FN3O2/c1-15(2)9-22-12-20(13-22)14-23(10-16-11-26-8-7-24(16)20)19(25)17-5-3-4-6-18(17)21/h3-6,15-16H,7-14H2,1-2H3/t16-/m1/s1. The van der Waals surface area contributed by atoms with Crippen LogP contribution in [0.25, 0.3) is 0 Å². The van der Waals surface area contributed by atoms with Gasteiger partial charge in [-0.1, -0.05) is 26.0 Å². The van der Waals surface area contributed by atoms with Crippen LogP contribution in [0.15, 0.2) is 24.3 Å². The van der Waals surface area contributed by atoms with Gasteiger partial charge in [-0.2, -0.15) is 0 Å². The molecule has 142 valence electrons. The van der Waals surface area contributed by atoms with Crippen LogP contribution in [0.2, 0.25) is 0 Å². The van der Waals surface area contributed by atoms with Gasteiger partial charge in [0.05, 0.1) is 30.4 Å². The zero-order valence-corrected chi connectivity index (χ0v) is 15.7. The number of amides is 1. The summed E-state index contributed by atoms with van der Waals surface area (Å²) >= 11 is 0. The predicted molar refractivity (Wildman–Crippen MR) is 97.6 cm³/mol. The van der Waals surface area contributed by atoms with Crippen LogP contribution >= 0.6 is 0 Å². The molecular weight excluding hydrogens is 333 g/mol. The number of rotatable bonds is 3. The van der Waals surface area contributed by atoms with Gasteiger partial charge in [0.15, 0.2) is 0 Å². The number of morpholine rings is 1. The Balaban J connectivity index is 1.55. The third-order valence-electron chi connectivity index (χ3n) is 5.80. The summed E-state index contributed by atoms with van der Waals surface area (Å²) in [5.74, 6) is -0.00787. The molecule has 0 aromatic heterocycles. The molecule has 0 aliphatic carbocycles. The summed E-state index contributed by atoms with van der Waals surface area (Å²) in [4.78, 5) is 19.9. The van der Waals surface area contributed by atoms with Gasteiger partial charge in [0.1, 0.15) is 5.82 Å². The quantitative estimate of drug-likeness (QED) is 0.821. The van der Waals surface area contributed by atoms with Crippen LogP contribution in [0.4, 0.5) is 4.39 Å². The third-order valence-corrected chi connectivity index (χ3v) is 5.80. The third kappa shape index (κ3) is 3.15. The van der Waals surface area contributed by atoms with Crippen molar-refractivity contribution in [2.24, 2.45) is 5.92 Å². The smallest absolute Gasteiger partial charge is 0.256 e. The van der Waals surface area contributed by atoms with Gasteiger partial charge in [0.25, 0.3) is 5.91 Å². The Morgan fingerprint density at radius 3 is 2.81 bits per heavy atom. The van der Waals surface area contributed by atoms with Gasteiger partial charge in [-0.25, -0.2) is 4.39 Å². The lowest BCUT2D eigenvalue weighted by molar-refractivity contribution is -0.159. The van der Waals surface area contributed by atoms with Crippen LogP contribution in [0.5, 0.6) is 0 Å². The number of hydrogen-bond donors (Lipinski definition) is 0. The highest BCUT2D eigenvalue weighted by molar-refractivity contribution is 5.94. The monoisotopic (exact) mass is 361 g/mol. The van der Waals surface area contributed by atoms with Crippen molar-refractivity contribution in [2.75, 3.05) is 52.5 Å². The van der Waals surface area contributed by atoms with E-state index in [-0.39, 0.29) is 23.1 Å². The zero-order chi connectivity index (χ0) is 18.3. The van der Waals surface area contributed by atoms with E-state index in [4.69, 9.17) is 4.74 Å². The second-order valence-electron chi connectivity index (χ2n) is 8.38. The fraction of sp³-hybridized carbons (Fsp3) is 0.650. The first-order chi connectivity index (χ1) is 12.5. The molecule has 1 aromatic carbocycles. The van der Waals surface area contributed by atoms with Crippen molar-refractivity contribution >= 4 is 5.91 Å². The van der Waals surface area contributed by atoms with E-state index in [0.29, 0.717) is 25.6 Å². The minimum Gasteiger partial charge on any atom is -0.378 e. The number of carbonyl (C=O) groups is 1. The number of carbonyl (C=O) groups excluding carboxylic acids is 1. The normalized spacial score (nSPS) is 26.0. The summed E-state index contributed by atoms with van der Waals surface area (Å²) in [6, 6.07) is 6.49. The molecule has 1 spiro atoms. The largest absolute Gasteiger partial charge is 0.378 e. The summed E-state index contributed by atoms with van der Waals surface area (Å²) in [5, 5.41) is 0. The molecule has 1 amide bonds. The lowest BCUT2D eigenvalue weighted by Crippen LogP contribution is -2.81. The maximum absolute atomic E-state index is 14.1. The SMILES string of the molecule is CC(C)CN1CC2(C1)CN(C(=O)c1ccccc1F)C[C@@H]1COCCN12. The molecule has 3 fully saturated rings. The Kier molecular flexibility index (Phi) is 4.75. The minimum absolute atomic E-state index is 0.0114. The van der Waals surface area contributed by atoms with Gasteiger partial charge in [-0.15, -0.1) is 0 Å². The lowest BCUT2D eigenvalue weighted by atomic mass is 9.82. The molecule has 4 rings (SSSR count). The average molecular weight is 361 g/mol. The number of hydrogen-bond acceptors (Lipinski definition) is 4. The molecular formula is C20H28FN3O2. The number of likely N-dealkylation sites (tertiary alicyclic amines) is 1. The van der Waals surface area contributed by atoms with Crippen molar-refractivity contribution < 1.29 is 13.9 Å². The highest BCUT2D eigenvalue weighted by Gasteiger charge is 2.54. The summed E-state index contributed by atoms with van der Waals surface area (Å²) in [5.41, 5.74) is 0.161. The molecule has 0 N–H and O–H groups in total. The van der Waals surface area contributed by atoms with Crippen LogP contribution in [-0.4, -0.2) is 84.7 Å². The van der Waals surface area contributed by atoms with Crippen molar-refractivity contribution in [3.63, 3.8) is 0 Å². The van der Waals surface area contributed by atoms with Gasteiger partial charge in [0.2, 0.25) is 0 Å². The maximum atomic E-state index is 14.1. The van der Waals surface area contributed by atoms with E-state index in [9.17, 15) is 9.18 Å². The topological polar surface area (TPSA) is 36.0 Å². The molecule has 26 heavy (non-hydrogen) atoms. The Morgan fingerprint density at radius 1 is 1.31 bits per heavy atom. The number of benzene rings is 1. The first-order valence-corrected chi connectivity index (χ1v) is 9.59. The lowest BCUT2D eigenvalue weighted by Gasteiger charge is -2.63. The fourth-order valence-corrected chi connectivity index (χ4v) is 4.87. The van der Waals surface area contributed by atoms with Crippen molar-refractivity contribution in [2.45, 2.75) is 25.4 Å². The van der Waals surface area contributed by atoms with Crippen LogP contribution in [-0.2, 0) is 4.74 Å². The Morgan fingerprint density at radius 2 is 2.08 bits per heavy atom. The van der Waals surface area contributed by atoms with E-state index in [0.717, 1.165) is 32.8 Å². The van der Waals surface area contributed by atoms with Crippen LogP contribution in [0.1, 0.15) is 24.2 Å². The Labute approximate surface area is 154 Å². The molecule has 6 heteroatoms. The molecule has 0 radical (unpaired) electrons. The predicted octanol–water partition coefficient (Wildman–Crippen LogP) is 1.69. The van der Waals surface area contributed by atoms with E-state index in [1.54, 1.807) is 18.2 Å². The van der Waals surface area contributed by atoms with Crippen molar-refractivity contribution in [3.8, 4) is 0 Å². The summed E-state index contributed by atoms with van der Waals surface area (Å²) in [7, 11) is 0. The van der Waals surface area contributed by atoms with Gasteiger partial charge in [-0.05, 0) is 18.1 Å². The van der Waals surface area contributed by atoms with E-state index in [1.807, 2.05) is 4.90 Å². The molecule has 0 bridgehead atoms. The Hall–Kier alpha value is -1.50. The number of nitrogens with zero attached hydrogens (tertiary/aromatic N) is 3. The Bertz CT molecular complexity index is 675. The molecule has 0 saturated carbocycles. The average Bonchev–Trinajstić information content (AvgIpc) is 2.59. The molecule has 1 aromatic rings. The van der Waals surface area contributed by atoms with Crippen molar-refractivity contribution in [1.82, 2.24) is 14.7 Å². The molecule has 0 unspecified atom stereocenters. The minimum atomic E-state index is -0.441. The van der Waals surface area contributed by atoms with E-state index < -0.39 is 5.82 Å². The number of ether oxygens (including phenoxy) is 1. The second-order valence-corrected chi connectivity index (χ2v) is 8.38. The summed E-state index contributed by atoms with van der Waals surface area (Å²) < 4.78 is 19.8. The van der Waals surface area contributed by atoms with Crippen LogP contribution in [0, 0.1) is 11.7 Å². The zero-order valence-electron chi connectivity index (χ0n) is 15.7. The molecule has 3 heterocycles. The summed E-state index contributed by atoms with van der Waals surface area (Å²) in [6.07, 6.45) is 0. The van der Waals surface area contributed by atoms with E-state index in [1.165, 1.54) is 6.07 Å². The number of fused-ring (bicyclic) bond motifs is 2. The molecule has 3 aliphatic heterocycles. The first-order valence-electron chi connectivity index (χ1n) is 9.59. The highest BCUT2D eigenvalue weighted by atomic mass is 19.1. The summed E-state index contributed by atoms with van der Waals surface area (Å²) in [6.45, 7) is 11.1. The van der Waals surface area contributed by atoms with Crippen LogP contribution in [0.3, 0.4) is 0 Å². The molecule has 3 aliphatic rings. The highest BCUT2D eigenvalue weighted by Crippen LogP contribution is 2.36. The second kappa shape index (κ2) is 6.91. The van der Waals surface area contributed by atoms with Gasteiger partial charge >= 0.3 is 0 Å². The van der Waals surface area contributed by atoms with Crippen LogP contribution < -0.4 is 0 Å². The molecule has 3 saturated heterocycles. The van der Waals surface area contributed by atoms with E-state index >= 15 is 0 Å². The van der Waals surface area contributed by atoms with Gasteiger partial charge in [-0.3, -0.25) is 14.6 Å². The molecule has 1 atom stereocenters. The fourth-order valence-electron chi connectivity index (χ4n) is 4.87. The van der Waals surface area contributed by atoms with Crippen molar-refractivity contribution in [1.29, 1.82) is 0 Å². The first kappa shape index (κ1) is 17.9. The number of piperazine rings is 1. The van der Waals surface area contributed by atoms with Gasteiger partial charge in [0, 0.05) is 39.3 Å². The van der Waals surface area contributed by atoms with Crippen molar-refractivity contribution in [3.05, 3.63) is 35.6 Å². The number of halogens is 1. The van der Waals surface area contributed by atoms with E-state index in [2.05, 4.69) is 23.6 Å².